The van der Waals surface area contributed by atoms with Crippen molar-refractivity contribution in [1.82, 2.24) is 15.3 Å². The van der Waals surface area contributed by atoms with Crippen LogP contribution in [-0.4, -0.2) is 58.2 Å². The number of alkyl halides is 3. The van der Waals surface area contributed by atoms with E-state index in [1.54, 1.807) is 6.07 Å². The molecule has 8 N–H and O–H groups in total. The van der Waals surface area contributed by atoms with Gasteiger partial charge in [0, 0.05) is 31.7 Å². The average molecular weight is 485 g/mol. The molecule has 34 heavy (non-hydrogen) atoms. The standard InChI is InChI=1S/C18H25N7O2.C2HF3O2/c1-10-4-11(2)24-16(5-10)25-15-6-14(9-23-17(15)18(20)27)22-8-13(19)7-21-12(3)26;3-2(4,5)1(6)7/h4-6,9,13,22H,7-8,19H2,1-3H3,(H2,20,27)(H,21,26)(H,24,25);(H,6,7). The number of carboxylic acid groups (broad SMARTS) is 1. The quantitative estimate of drug-likeness (QED) is 0.322. The lowest BCUT2D eigenvalue weighted by molar-refractivity contribution is -0.192. The second-order valence-electron chi connectivity index (χ2n) is 7.16. The van der Waals surface area contributed by atoms with Gasteiger partial charge in [0.05, 0.1) is 17.6 Å². The van der Waals surface area contributed by atoms with E-state index in [0.717, 1.165) is 11.3 Å². The van der Waals surface area contributed by atoms with Crippen LogP contribution in [0.2, 0.25) is 0 Å². The third-order valence-corrected chi connectivity index (χ3v) is 3.91. The fourth-order valence-electron chi connectivity index (χ4n) is 2.49. The fraction of sp³-hybridized carbons (Fsp3) is 0.350. The van der Waals surface area contributed by atoms with E-state index >= 15 is 0 Å². The van der Waals surface area contributed by atoms with Gasteiger partial charge >= 0.3 is 12.1 Å². The molecule has 2 rings (SSSR count). The van der Waals surface area contributed by atoms with E-state index in [4.69, 9.17) is 21.4 Å². The van der Waals surface area contributed by atoms with Gasteiger partial charge in [-0.15, -0.1) is 0 Å². The van der Waals surface area contributed by atoms with Gasteiger partial charge < -0.3 is 32.5 Å². The number of nitrogens with two attached hydrogens (primary N) is 2. The molecule has 2 aromatic heterocycles. The average Bonchev–Trinajstić information content (AvgIpc) is 2.69. The number of rotatable bonds is 8. The van der Waals surface area contributed by atoms with Crippen LogP contribution in [0, 0.1) is 13.8 Å². The molecule has 0 aliphatic rings. The normalized spacial score (nSPS) is 11.5. The molecule has 0 aliphatic carbocycles. The Balaban J connectivity index is 0.000000718. The number of primary amides is 1. The zero-order valence-electron chi connectivity index (χ0n) is 18.7. The van der Waals surface area contributed by atoms with Crippen LogP contribution in [0.25, 0.3) is 0 Å². The second kappa shape index (κ2) is 12.3. The SMILES string of the molecule is CC(=O)NCC(N)CNc1cnc(C(N)=O)c(Nc2cc(C)cc(C)n2)c1.O=C(O)C(F)(F)F. The van der Waals surface area contributed by atoms with Gasteiger partial charge in [-0.2, -0.15) is 13.2 Å². The van der Waals surface area contributed by atoms with E-state index < -0.39 is 18.1 Å². The lowest BCUT2D eigenvalue weighted by Gasteiger charge is -2.16. The zero-order valence-corrected chi connectivity index (χ0v) is 18.7. The van der Waals surface area contributed by atoms with Crippen molar-refractivity contribution in [3.8, 4) is 0 Å². The van der Waals surface area contributed by atoms with Crippen LogP contribution in [0.5, 0.6) is 0 Å². The van der Waals surface area contributed by atoms with Crippen molar-refractivity contribution < 1.29 is 32.7 Å². The molecule has 186 valence electrons. The molecule has 0 bridgehead atoms. The van der Waals surface area contributed by atoms with Crippen molar-refractivity contribution in [2.24, 2.45) is 11.5 Å². The van der Waals surface area contributed by atoms with Crippen LogP contribution >= 0.6 is 0 Å². The maximum Gasteiger partial charge on any atom is 0.490 e. The number of anilines is 3. The van der Waals surface area contributed by atoms with Crippen LogP contribution in [0.3, 0.4) is 0 Å². The number of nitrogens with zero attached hydrogens (tertiary/aromatic N) is 2. The van der Waals surface area contributed by atoms with Gasteiger partial charge in [0.25, 0.3) is 5.91 Å². The summed E-state index contributed by atoms with van der Waals surface area (Å²) in [4.78, 5) is 40.1. The Morgan fingerprint density at radius 2 is 1.76 bits per heavy atom. The molecular weight excluding hydrogens is 459 g/mol. The number of aryl methyl sites for hydroxylation is 2. The summed E-state index contributed by atoms with van der Waals surface area (Å²) in [6.45, 7) is 6.05. The Labute approximate surface area is 193 Å². The first-order valence-corrected chi connectivity index (χ1v) is 9.75. The molecule has 0 radical (unpaired) electrons. The monoisotopic (exact) mass is 485 g/mol. The molecule has 14 heteroatoms. The Morgan fingerprint density at radius 3 is 2.26 bits per heavy atom. The molecule has 0 aliphatic heterocycles. The van der Waals surface area contributed by atoms with Gasteiger partial charge in [-0.05, 0) is 37.6 Å². The molecule has 0 saturated heterocycles. The predicted octanol–water partition coefficient (Wildman–Crippen LogP) is 1.44. The molecule has 0 saturated carbocycles. The maximum absolute atomic E-state index is 11.7. The van der Waals surface area contributed by atoms with Crippen LogP contribution < -0.4 is 27.4 Å². The van der Waals surface area contributed by atoms with Gasteiger partial charge in [-0.1, -0.05) is 0 Å². The van der Waals surface area contributed by atoms with Crippen molar-refractivity contribution in [3.63, 3.8) is 0 Å². The van der Waals surface area contributed by atoms with Gasteiger partial charge in [0.15, 0.2) is 5.69 Å². The largest absolute Gasteiger partial charge is 0.490 e. The lowest BCUT2D eigenvalue weighted by Crippen LogP contribution is -2.40. The van der Waals surface area contributed by atoms with Crippen molar-refractivity contribution in [3.05, 3.63) is 41.3 Å². The van der Waals surface area contributed by atoms with Crippen molar-refractivity contribution in [2.45, 2.75) is 33.0 Å². The summed E-state index contributed by atoms with van der Waals surface area (Å²) in [5.74, 6) is -2.94. The number of aliphatic carboxylic acids is 1. The van der Waals surface area contributed by atoms with E-state index in [1.807, 2.05) is 26.0 Å². The predicted molar refractivity (Wildman–Crippen MR) is 119 cm³/mol. The topological polar surface area (TPSA) is 185 Å². The number of pyridine rings is 2. The Kier molecular flexibility index (Phi) is 10.2. The van der Waals surface area contributed by atoms with E-state index in [1.165, 1.54) is 13.1 Å². The number of carbonyl (C=O) groups is 3. The van der Waals surface area contributed by atoms with Crippen molar-refractivity contribution in [1.29, 1.82) is 0 Å². The Bertz CT molecular complexity index is 1010. The summed E-state index contributed by atoms with van der Waals surface area (Å²) in [7, 11) is 0. The number of carboxylic acids is 1. The molecule has 0 fully saturated rings. The van der Waals surface area contributed by atoms with Crippen molar-refractivity contribution in [2.75, 3.05) is 23.7 Å². The second-order valence-corrected chi connectivity index (χ2v) is 7.16. The number of hydrogen-bond donors (Lipinski definition) is 6. The third-order valence-electron chi connectivity index (χ3n) is 3.91. The van der Waals surface area contributed by atoms with Crippen LogP contribution in [0.4, 0.5) is 30.4 Å². The van der Waals surface area contributed by atoms with Gasteiger partial charge in [-0.25, -0.2) is 14.8 Å². The number of carbonyl (C=O) groups excluding carboxylic acids is 2. The summed E-state index contributed by atoms with van der Waals surface area (Å²) in [5, 5.41) is 16.0. The molecule has 0 aromatic carbocycles. The molecule has 2 heterocycles. The first kappa shape index (κ1) is 28.1. The Hall–Kier alpha value is -3.94. The first-order chi connectivity index (χ1) is 15.7. The van der Waals surface area contributed by atoms with Gasteiger partial charge in [-0.3, -0.25) is 9.59 Å². The first-order valence-electron chi connectivity index (χ1n) is 9.75. The van der Waals surface area contributed by atoms with E-state index in [9.17, 15) is 22.8 Å². The summed E-state index contributed by atoms with van der Waals surface area (Å²) in [6.07, 6.45) is -3.58. The number of amides is 2. The molecule has 1 atom stereocenters. The van der Waals surface area contributed by atoms with Gasteiger partial charge in [0.2, 0.25) is 5.91 Å². The summed E-state index contributed by atoms with van der Waals surface area (Å²) < 4.78 is 31.7. The lowest BCUT2D eigenvalue weighted by atomic mass is 10.2. The molecule has 2 aromatic rings. The van der Waals surface area contributed by atoms with Crippen LogP contribution in [-0.2, 0) is 9.59 Å². The minimum absolute atomic E-state index is 0.115. The number of hydrogen-bond acceptors (Lipinski definition) is 8. The highest BCUT2D eigenvalue weighted by Gasteiger charge is 2.38. The summed E-state index contributed by atoms with van der Waals surface area (Å²) in [5.41, 5.74) is 14.5. The Morgan fingerprint density at radius 1 is 1.15 bits per heavy atom. The molecular formula is C20H26F3N7O4. The number of nitrogens with one attached hydrogen (secondary N) is 3. The number of aromatic nitrogens is 2. The molecule has 1 unspecified atom stereocenters. The van der Waals surface area contributed by atoms with Crippen molar-refractivity contribution >= 4 is 35.0 Å². The van der Waals surface area contributed by atoms with Crippen LogP contribution in [0.1, 0.15) is 28.7 Å². The highest BCUT2D eigenvalue weighted by Crippen LogP contribution is 2.23. The van der Waals surface area contributed by atoms with Crippen LogP contribution in [0.15, 0.2) is 24.4 Å². The molecule has 2 amide bonds. The van der Waals surface area contributed by atoms with E-state index in [0.29, 0.717) is 30.3 Å². The van der Waals surface area contributed by atoms with E-state index in [-0.39, 0.29) is 17.6 Å². The summed E-state index contributed by atoms with van der Waals surface area (Å²) in [6, 6.07) is 5.26. The smallest absolute Gasteiger partial charge is 0.475 e. The minimum Gasteiger partial charge on any atom is -0.475 e. The highest BCUT2D eigenvalue weighted by molar-refractivity contribution is 5.97. The molecule has 11 nitrogen and oxygen atoms in total. The fourth-order valence-corrected chi connectivity index (χ4v) is 2.49. The van der Waals surface area contributed by atoms with Gasteiger partial charge in [0.1, 0.15) is 5.82 Å². The third kappa shape index (κ3) is 10.1. The number of halogens is 3. The highest BCUT2D eigenvalue weighted by atomic mass is 19.4. The van der Waals surface area contributed by atoms with E-state index in [2.05, 4.69) is 25.9 Å². The maximum atomic E-state index is 11.7. The summed E-state index contributed by atoms with van der Waals surface area (Å²) >= 11 is 0. The molecule has 0 spiro atoms. The minimum atomic E-state index is -5.08. The zero-order chi connectivity index (χ0) is 26.1.